The summed E-state index contributed by atoms with van der Waals surface area (Å²) in [5, 5.41) is 0. The van der Waals surface area contributed by atoms with Crippen molar-refractivity contribution in [2.45, 2.75) is 52.0 Å². The zero-order valence-corrected chi connectivity index (χ0v) is 16.2. The van der Waals surface area contributed by atoms with E-state index in [-0.39, 0.29) is 12.6 Å². The van der Waals surface area contributed by atoms with Gasteiger partial charge in [0, 0.05) is 0 Å². The second kappa shape index (κ2) is 7.53. The van der Waals surface area contributed by atoms with Crippen LogP contribution in [-0.2, 0) is 14.2 Å². The van der Waals surface area contributed by atoms with E-state index in [1.54, 1.807) is 29.2 Å². The van der Waals surface area contributed by atoms with Crippen LogP contribution in [0.4, 0.5) is 4.79 Å². The molecule has 1 aromatic carbocycles. The van der Waals surface area contributed by atoms with Crippen LogP contribution in [0.2, 0.25) is 0 Å². The first-order valence-electron chi connectivity index (χ1n) is 8.51. The number of ether oxygens (including phenoxy) is 4. The highest BCUT2D eigenvalue weighted by molar-refractivity contribution is 5.89. The second-order valence-electron chi connectivity index (χ2n) is 7.59. The van der Waals surface area contributed by atoms with Crippen molar-refractivity contribution in [2.24, 2.45) is 0 Å². The third-order valence-electron chi connectivity index (χ3n) is 3.88. The number of esters is 1. The van der Waals surface area contributed by atoms with Gasteiger partial charge in [0.05, 0.1) is 25.3 Å². The Balaban J connectivity index is 2.03. The highest BCUT2D eigenvalue weighted by Gasteiger charge is 2.46. The molecule has 0 N–H and O–H groups in total. The Hall–Kier alpha value is -2.28. The van der Waals surface area contributed by atoms with Gasteiger partial charge in [0.25, 0.3) is 0 Å². The summed E-state index contributed by atoms with van der Waals surface area (Å²) in [5.74, 6) is 0.185. The van der Waals surface area contributed by atoms with E-state index in [9.17, 15) is 9.59 Å². The monoisotopic (exact) mass is 365 g/mol. The van der Waals surface area contributed by atoms with Crippen molar-refractivity contribution in [2.75, 3.05) is 20.3 Å². The van der Waals surface area contributed by atoms with E-state index in [1.165, 1.54) is 7.11 Å². The Bertz CT molecular complexity index is 647. The molecule has 1 aliphatic rings. The fourth-order valence-electron chi connectivity index (χ4n) is 2.68. The van der Waals surface area contributed by atoms with Crippen molar-refractivity contribution >= 4 is 12.1 Å². The Morgan fingerprint density at radius 3 is 2.38 bits per heavy atom. The molecule has 1 saturated heterocycles. The van der Waals surface area contributed by atoms with Crippen LogP contribution in [0.5, 0.6) is 5.75 Å². The SMILES string of the molecule is COC(=O)c1ccc(OC[C@H]2COC(C)(C)N2C(=O)OC(C)(C)C)cc1. The summed E-state index contributed by atoms with van der Waals surface area (Å²) in [5.41, 5.74) is -0.920. The number of hydrogen-bond acceptors (Lipinski definition) is 6. The van der Waals surface area contributed by atoms with Gasteiger partial charge >= 0.3 is 12.1 Å². The van der Waals surface area contributed by atoms with E-state index in [1.807, 2.05) is 34.6 Å². The maximum absolute atomic E-state index is 12.6. The fraction of sp³-hybridized carbons (Fsp3) is 0.579. The molecule has 1 aromatic rings. The summed E-state index contributed by atoms with van der Waals surface area (Å²) in [4.78, 5) is 25.6. The van der Waals surface area contributed by atoms with Gasteiger partial charge in [-0.25, -0.2) is 9.59 Å². The minimum absolute atomic E-state index is 0.250. The third kappa shape index (κ3) is 4.88. The van der Waals surface area contributed by atoms with E-state index in [0.29, 0.717) is 17.9 Å². The van der Waals surface area contributed by atoms with E-state index in [4.69, 9.17) is 14.2 Å². The van der Waals surface area contributed by atoms with Gasteiger partial charge < -0.3 is 18.9 Å². The van der Waals surface area contributed by atoms with E-state index < -0.39 is 23.4 Å². The number of amides is 1. The van der Waals surface area contributed by atoms with Crippen molar-refractivity contribution in [1.29, 1.82) is 0 Å². The Labute approximate surface area is 154 Å². The predicted molar refractivity (Wildman–Crippen MR) is 95.2 cm³/mol. The fourth-order valence-corrected chi connectivity index (χ4v) is 2.68. The van der Waals surface area contributed by atoms with Crippen molar-refractivity contribution < 1.29 is 28.5 Å². The molecule has 7 nitrogen and oxygen atoms in total. The lowest BCUT2D eigenvalue weighted by molar-refractivity contribution is -0.0637. The van der Waals surface area contributed by atoms with Gasteiger partial charge in [-0.2, -0.15) is 0 Å². The Kier molecular flexibility index (Phi) is 5.81. The average molecular weight is 365 g/mol. The van der Waals surface area contributed by atoms with Crippen molar-refractivity contribution in [3.05, 3.63) is 29.8 Å². The van der Waals surface area contributed by atoms with Crippen LogP contribution in [0.3, 0.4) is 0 Å². The number of methoxy groups -OCH3 is 1. The zero-order valence-electron chi connectivity index (χ0n) is 16.2. The van der Waals surface area contributed by atoms with Gasteiger partial charge in [0.1, 0.15) is 23.7 Å². The standard InChI is InChI=1S/C19H27NO6/c1-18(2,3)26-17(22)20-14(12-25-19(20,4)5)11-24-15-9-7-13(8-10-15)16(21)23-6/h7-10,14H,11-12H2,1-6H3/t14-/m0/s1. The van der Waals surface area contributed by atoms with Gasteiger partial charge in [0.15, 0.2) is 0 Å². The molecule has 1 aliphatic heterocycles. The number of carbonyl (C=O) groups is 2. The molecule has 0 unspecified atom stereocenters. The van der Waals surface area contributed by atoms with Crippen LogP contribution in [0.25, 0.3) is 0 Å². The lowest BCUT2D eigenvalue weighted by Gasteiger charge is -2.35. The molecule has 1 atom stereocenters. The molecule has 26 heavy (non-hydrogen) atoms. The number of benzene rings is 1. The quantitative estimate of drug-likeness (QED) is 0.763. The smallest absolute Gasteiger partial charge is 0.413 e. The van der Waals surface area contributed by atoms with Crippen LogP contribution in [0.15, 0.2) is 24.3 Å². The topological polar surface area (TPSA) is 74.3 Å². The van der Waals surface area contributed by atoms with E-state index >= 15 is 0 Å². The lowest BCUT2D eigenvalue weighted by atomic mass is 10.2. The third-order valence-corrected chi connectivity index (χ3v) is 3.88. The summed E-state index contributed by atoms with van der Waals surface area (Å²) >= 11 is 0. The summed E-state index contributed by atoms with van der Waals surface area (Å²) in [6.45, 7) is 9.71. The molecule has 0 aliphatic carbocycles. The summed E-state index contributed by atoms with van der Waals surface area (Å²) in [7, 11) is 1.33. The Morgan fingerprint density at radius 1 is 1.23 bits per heavy atom. The first-order valence-corrected chi connectivity index (χ1v) is 8.51. The maximum Gasteiger partial charge on any atom is 0.413 e. The van der Waals surface area contributed by atoms with Crippen molar-refractivity contribution in [1.82, 2.24) is 4.90 Å². The molecular weight excluding hydrogens is 338 g/mol. The van der Waals surface area contributed by atoms with E-state index in [2.05, 4.69) is 4.74 Å². The molecule has 0 aromatic heterocycles. The number of carbonyl (C=O) groups excluding carboxylic acids is 2. The second-order valence-corrected chi connectivity index (χ2v) is 7.59. The molecule has 0 spiro atoms. The van der Waals surface area contributed by atoms with Crippen molar-refractivity contribution in [3.8, 4) is 5.75 Å². The number of rotatable bonds is 4. The molecule has 7 heteroatoms. The summed E-state index contributed by atoms with van der Waals surface area (Å²) in [6.07, 6.45) is -0.436. The highest BCUT2D eigenvalue weighted by atomic mass is 16.6. The largest absolute Gasteiger partial charge is 0.491 e. The minimum atomic E-state index is -0.773. The number of nitrogens with zero attached hydrogens (tertiary/aromatic N) is 1. The summed E-state index contributed by atoms with van der Waals surface area (Å²) < 4.78 is 21.7. The van der Waals surface area contributed by atoms with Crippen LogP contribution in [0, 0.1) is 0 Å². The summed E-state index contributed by atoms with van der Waals surface area (Å²) in [6, 6.07) is 6.35. The molecule has 0 radical (unpaired) electrons. The van der Waals surface area contributed by atoms with Gasteiger partial charge in [-0.1, -0.05) is 0 Å². The van der Waals surface area contributed by atoms with Crippen LogP contribution >= 0.6 is 0 Å². The molecular formula is C19H27NO6. The molecule has 2 rings (SSSR count). The van der Waals surface area contributed by atoms with Gasteiger partial charge in [-0.3, -0.25) is 4.90 Å². The van der Waals surface area contributed by atoms with Gasteiger partial charge in [-0.05, 0) is 58.9 Å². The first-order chi connectivity index (χ1) is 12.0. The Morgan fingerprint density at radius 2 is 1.85 bits per heavy atom. The minimum Gasteiger partial charge on any atom is -0.491 e. The molecule has 1 fully saturated rings. The van der Waals surface area contributed by atoms with Crippen molar-refractivity contribution in [3.63, 3.8) is 0 Å². The normalized spacial score (nSPS) is 19.2. The maximum atomic E-state index is 12.6. The van der Waals surface area contributed by atoms with Gasteiger partial charge in [0.2, 0.25) is 0 Å². The predicted octanol–water partition coefficient (Wildman–Crippen LogP) is 3.22. The first kappa shape index (κ1) is 20.0. The molecule has 0 saturated carbocycles. The van der Waals surface area contributed by atoms with Crippen LogP contribution in [0.1, 0.15) is 45.0 Å². The lowest BCUT2D eigenvalue weighted by Crippen LogP contribution is -2.51. The van der Waals surface area contributed by atoms with Crippen LogP contribution in [-0.4, -0.2) is 54.7 Å². The molecule has 1 amide bonds. The van der Waals surface area contributed by atoms with Gasteiger partial charge in [-0.15, -0.1) is 0 Å². The molecule has 0 bridgehead atoms. The number of hydrogen-bond donors (Lipinski definition) is 0. The zero-order chi connectivity index (χ0) is 19.5. The highest BCUT2D eigenvalue weighted by Crippen LogP contribution is 2.30. The average Bonchev–Trinajstić information content (AvgIpc) is 2.85. The molecule has 144 valence electrons. The molecule has 1 heterocycles. The van der Waals surface area contributed by atoms with Crippen LogP contribution < -0.4 is 4.74 Å². The van der Waals surface area contributed by atoms with E-state index in [0.717, 1.165) is 0 Å².